The fourth-order valence-corrected chi connectivity index (χ4v) is 3.18. The van der Waals surface area contributed by atoms with Crippen molar-refractivity contribution in [1.82, 2.24) is 15.1 Å². The van der Waals surface area contributed by atoms with Crippen LogP contribution in [0.4, 0.5) is 0 Å². The fraction of sp³-hybridized carbons (Fsp3) is 0.500. The van der Waals surface area contributed by atoms with Gasteiger partial charge in [-0.25, -0.2) is 0 Å². The summed E-state index contributed by atoms with van der Waals surface area (Å²) in [4.78, 5) is 0. The summed E-state index contributed by atoms with van der Waals surface area (Å²) in [5, 5.41) is 8.03. The molecule has 0 fully saturated rings. The molecule has 2 aromatic rings. The van der Waals surface area contributed by atoms with Crippen LogP contribution in [0.5, 0.6) is 0 Å². The molecule has 0 amide bonds. The third-order valence-corrected chi connectivity index (χ3v) is 3.99. The summed E-state index contributed by atoms with van der Waals surface area (Å²) in [6, 6.07) is 4.91. The van der Waals surface area contributed by atoms with E-state index in [-0.39, 0.29) is 0 Å². The molecule has 1 unspecified atom stereocenters. The first-order valence-corrected chi connectivity index (χ1v) is 7.87. The molecule has 0 aliphatic carbocycles. The van der Waals surface area contributed by atoms with Gasteiger partial charge < -0.3 is 5.32 Å². The maximum absolute atomic E-state index is 4.39. The van der Waals surface area contributed by atoms with Crippen LogP contribution >= 0.6 is 0 Å². The Labute approximate surface area is 128 Å². The normalized spacial score (nSPS) is 12.6. The summed E-state index contributed by atoms with van der Waals surface area (Å²) < 4.78 is 1.99. The van der Waals surface area contributed by atoms with E-state index in [4.69, 9.17) is 0 Å². The summed E-state index contributed by atoms with van der Waals surface area (Å²) in [5.41, 5.74) is 6.82. The molecule has 0 saturated carbocycles. The van der Waals surface area contributed by atoms with Gasteiger partial charge in [0.15, 0.2) is 0 Å². The van der Waals surface area contributed by atoms with Gasteiger partial charge in [-0.1, -0.05) is 24.6 Å². The average Bonchev–Trinajstić information content (AvgIpc) is 2.85. The molecule has 0 spiro atoms. The van der Waals surface area contributed by atoms with Crippen LogP contribution in [0.2, 0.25) is 0 Å². The minimum Gasteiger partial charge on any atom is -0.310 e. The molecule has 2 rings (SSSR count). The van der Waals surface area contributed by atoms with Crippen molar-refractivity contribution < 1.29 is 0 Å². The maximum Gasteiger partial charge on any atom is 0.0522 e. The van der Waals surface area contributed by atoms with Crippen LogP contribution in [-0.2, 0) is 13.0 Å². The quantitative estimate of drug-likeness (QED) is 0.876. The molecule has 0 aliphatic rings. The predicted molar refractivity (Wildman–Crippen MR) is 88.7 cm³/mol. The Morgan fingerprint density at radius 2 is 1.81 bits per heavy atom. The zero-order valence-electron chi connectivity index (χ0n) is 13.9. The second-order valence-corrected chi connectivity index (χ2v) is 5.83. The second-order valence-electron chi connectivity index (χ2n) is 5.83. The van der Waals surface area contributed by atoms with Crippen LogP contribution in [0.15, 0.2) is 24.5 Å². The Bertz CT molecular complexity index is 575. The van der Waals surface area contributed by atoms with Gasteiger partial charge in [-0.15, -0.1) is 0 Å². The topological polar surface area (TPSA) is 29.9 Å². The lowest BCUT2D eigenvalue weighted by Gasteiger charge is -2.22. The van der Waals surface area contributed by atoms with Gasteiger partial charge in [0.2, 0.25) is 0 Å². The Hall–Kier alpha value is -1.61. The highest BCUT2D eigenvalue weighted by Crippen LogP contribution is 2.26. The highest BCUT2D eigenvalue weighted by atomic mass is 15.3. The lowest BCUT2D eigenvalue weighted by molar-refractivity contribution is 0.544. The Kier molecular flexibility index (Phi) is 5.18. The SMILES string of the molecule is CCNC(Cc1cnn(CC)c1)c1c(C)cc(C)cc1C. The first-order valence-electron chi connectivity index (χ1n) is 7.87. The average molecular weight is 285 g/mol. The lowest BCUT2D eigenvalue weighted by atomic mass is 9.91. The number of benzene rings is 1. The van der Waals surface area contributed by atoms with Crippen molar-refractivity contribution in [2.75, 3.05) is 6.54 Å². The molecule has 1 aromatic carbocycles. The first kappa shape index (κ1) is 15.8. The minimum atomic E-state index is 0.352. The molecule has 0 aliphatic heterocycles. The third-order valence-electron chi connectivity index (χ3n) is 3.99. The molecule has 1 N–H and O–H groups in total. The van der Waals surface area contributed by atoms with E-state index in [1.165, 1.54) is 27.8 Å². The summed E-state index contributed by atoms with van der Waals surface area (Å²) >= 11 is 0. The zero-order valence-corrected chi connectivity index (χ0v) is 13.9. The molecule has 0 radical (unpaired) electrons. The van der Waals surface area contributed by atoms with Crippen molar-refractivity contribution in [3.63, 3.8) is 0 Å². The van der Waals surface area contributed by atoms with E-state index in [1.807, 2.05) is 10.9 Å². The molecular formula is C18H27N3. The number of nitrogens with zero attached hydrogens (tertiary/aromatic N) is 2. The number of nitrogens with one attached hydrogen (secondary N) is 1. The van der Waals surface area contributed by atoms with Gasteiger partial charge in [0.05, 0.1) is 6.20 Å². The largest absolute Gasteiger partial charge is 0.310 e. The number of hydrogen-bond donors (Lipinski definition) is 1. The maximum atomic E-state index is 4.39. The van der Waals surface area contributed by atoms with Crippen molar-refractivity contribution in [3.8, 4) is 0 Å². The summed E-state index contributed by atoms with van der Waals surface area (Å²) in [7, 11) is 0. The molecule has 1 atom stereocenters. The molecule has 1 heterocycles. The molecule has 114 valence electrons. The van der Waals surface area contributed by atoms with Gasteiger partial charge >= 0.3 is 0 Å². The van der Waals surface area contributed by atoms with Gasteiger partial charge in [-0.3, -0.25) is 4.68 Å². The van der Waals surface area contributed by atoms with Crippen LogP contribution in [0.1, 0.15) is 47.7 Å². The van der Waals surface area contributed by atoms with E-state index >= 15 is 0 Å². The van der Waals surface area contributed by atoms with E-state index in [1.54, 1.807) is 0 Å². The molecule has 3 heteroatoms. The van der Waals surface area contributed by atoms with Gasteiger partial charge in [0.25, 0.3) is 0 Å². The van der Waals surface area contributed by atoms with Crippen LogP contribution in [-0.4, -0.2) is 16.3 Å². The number of rotatable bonds is 6. The summed E-state index contributed by atoms with van der Waals surface area (Å²) in [6.07, 6.45) is 5.13. The highest BCUT2D eigenvalue weighted by molar-refractivity contribution is 5.40. The van der Waals surface area contributed by atoms with Crippen LogP contribution in [0.3, 0.4) is 0 Å². The number of aromatic nitrogens is 2. The Balaban J connectivity index is 2.30. The number of hydrogen-bond acceptors (Lipinski definition) is 2. The standard InChI is InChI=1S/C18H27N3/c1-6-19-17(10-16-11-20-21(7-2)12-16)18-14(4)8-13(3)9-15(18)5/h8-9,11-12,17,19H,6-7,10H2,1-5H3. The third kappa shape index (κ3) is 3.73. The summed E-state index contributed by atoms with van der Waals surface area (Å²) in [6.45, 7) is 12.8. The van der Waals surface area contributed by atoms with Crippen molar-refractivity contribution >= 4 is 0 Å². The number of likely N-dealkylation sites (N-methyl/N-ethyl adjacent to an activating group) is 1. The molecule has 21 heavy (non-hydrogen) atoms. The molecule has 0 saturated heterocycles. The lowest BCUT2D eigenvalue weighted by Crippen LogP contribution is -2.24. The van der Waals surface area contributed by atoms with Gasteiger partial charge in [-0.05, 0) is 62.9 Å². The van der Waals surface area contributed by atoms with Gasteiger partial charge in [0, 0.05) is 18.8 Å². The van der Waals surface area contributed by atoms with Crippen LogP contribution in [0.25, 0.3) is 0 Å². The molecular weight excluding hydrogens is 258 g/mol. The monoisotopic (exact) mass is 285 g/mol. The van der Waals surface area contributed by atoms with E-state index < -0.39 is 0 Å². The van der Waals surface area contributed by atoms with Gasteiger partial charge in [0.1, 0.15) is 0 Å². The van der Waals surface area contributed by atoms with Crippen molar-refractivity contribution in [3.05, 3.63) is 52.3 Å². The van der Waals surface area contributed by atoms with Crippen molar-refractivity contribution in [2.45, 2.75) is 53.6 Å². The van der Waals surface area contributed by atoms with E-state index in [2.05, 4.69) is 63.4 Å². The Morgan fingerprint density at radius 3 is 2.33 bits per heavy atom. The molecule has 3 nitrogen and oxygen atoms in total. The van der Waals surface area contributed by atoms with E-state index in [0.717, 1.165) is 19.5 Å². The van der Waals surface area contributed by atoms with E-state index in [0.29, 0.717) is 6.04 Å². The first-order chi connectivity index (χ1) is 10.0. The molecule has 1 aromatic heterocycles. The van der Waals surface area contributed by atoms with E-state index in [9.17, 15) is 0 Å². The van der Waals surface area contributed by atoms with Gasteiger partial charge in [-0.2, -0.15) is 5.10 Å². The van der Waals surface area contributed by atoms with Crippen LogP contribution < -0.4 is 5.32 Å². The minimum absolute atomic E-state index is 0.352. The number of aryl methyl sites for hydroxylation is 4. The second kappa shape index (κ2) is 6.90. The smallest absolute Gasteiger partial charge is 0.0522 e. The van der Waals surface area contributed by atoms with Crippen molar-refractivity contribution in [1.29, 1.82) is 0 Å². The van der Waals surface area contributed by atoms with Crippen molar-refractivity contribution in [2.24, 2.45) is 0 Å². The Morgan fingerprint density at radius 1 is 1.14 bits per heavy atom. The fourth-order valence-electron chi connectivity index (χ4n) is 3.18. The summed E-state index contributed by atoms with van der Waals surface area (Å²) in [5.74, 6) is 0. The zero-order chi connectivity index (χ0) is 15.4. The van der Waals surface area contributed by atoms with Crippen LogP contribution in [0, 0.1) is 20.8 Å². The molecule has 0 bridgehead atoms. The predicted octanol–water partition coefficient (Wildman–Crippen LogP) is 3.72. The highest BCUT2D eigenvalue weighted by Gasteiger charge is 2.17.